The van der Waals surface area contributed by atoms with E-state index in [1.807, 2.05) is 31.2 Å². The van der Waals surface area contributed by atoms with Crippen LogP contribution in [0, 0.1) is 6.92 Å². The first kappa shape index (κ1) is 12.6. The number of primary amides is 1. The first-order chi connectivity index (χ1) is 8.56. The first-order valence-electron chi connectivity index (χ1n) is 5.40. The minimum Gasteiger partial charge on any atom is -0.457 e. The van der Waals surface area contributed by atoms with E-state index in [-0.39, 0.29) is 0 Å². The van der Waals surface area contributed by atoms with E-state index < -0.39 is 5.91 Å². The fourth-order valence-electron chi connectivity index (χ4n) is 1.56. The van der Waals surface area contributed by atoms with Crippen LogP contribution in [-0.2, 0) is 4.79 Å². The maximum absolute atomic E-state index is 10.6. The molecule has 0 aliphatic heterocycles. The summed E-state index contributed by atoms with van der Waals surface area (Å²) in [6.07, 6.45) is 2.83. The molecule has 0 saturated carbocycles. The Balaban J connectivity index is 2.29. The molecule has 0 unspecified atom stereocenters. The van der Waals surface area contributed by atoms with Gasteiger partial charge in [-0.1, -0.05) is 22.0 Å². The molecule has 18 heavy (non-hydrogen) atoms. The molecule has 1 amide bonds. The first-order valence-corrected chi connectivity index (χ1v) is 6.19. The molecule has 0 saturated heterocycles. The van der Waals surface area contributed by atoms with E-state index in [1.54, 1.807) is 12.1 Å². The van der Waals surface area contributed by atoms with Gasteiger partial charge in [0.25, 0.3) is 0 Å². The lowest BCUT2D eigenvalue weighted by atomic mass is 10.1. The molecule has 0 spiro atoms. The standard InChI is InChI=1S/C14H12BrNO2/c1-9-8-10(2-5-12(9)15)13-6-3-11(18-13)4-7-14(16)17/h2-8H,1H3,(H2,16,17)/b7-4-. The van der Waals surface area contributed by atoms with E-state index in [9.17, 15) is 4.79 Å². The van der Waals surface area contributed by atoms with Crippen molar-refractivity contribution in [3.05, 3.63) is 52.2 Å². The van der Waals surface area contributed by atoms with Gasteiger partial charge in [-0.2, -0.15) is 0 Å². The predicted octanol–water partition coefficient (Wildman–Crippen LogP) is 3.52. The number of hydrogen-bond acceptors (Lipinski definition) is 2. The van der Waals surface area contributed by atoms with Gasteiger partial charge < -0.3 is 10.2 Å². The topological polar surface area (TPSA) is 56.2 Å². The van der Waals surface area contributed by atoms with Gasteiger partial charge in [0.05, 0.1) is 0 Å². The number of carbonyl (C=O) groups is 1. The highest BCUT2D eigenvalue weighted by molar-refractivity contribution is 9.10. The van der Waals surface area contributed by atoms with Gasteiger partial charge in [-0.15, -0.1) is 0 Å². The zero-order valence-corrected chi connectivity index (χ0v) is 11.4. The summed E-state index contributed by atoms with van der Waals surface area (Å²) in [5.41, 5.74) is 7.15. The number of nitrogens with two attached hydrogens (primary N) is 1. The normalized spacial score (nSPS) is 11.0. The molecule has 2 aromatic rings. The fraction of sp³-hybridized carbons (Fsp3) is 0.0714. The number of rotatable bonds is 3. The quantitative estimate of drug-likeness (QED) is 0.882. The molecule has 0 radical (unpaired) electrons. The van der Waals surface area contributed by atoms with Gasteiger partial charge >= 0.3 is 0 Å². The van der Waals surface area contributed by atoms with Crippen molar-refractivity contribution in [3.8, 4) is 11.3 Å². The van der Waals surface area contributed by atoms with E-state index in [1.165, 1.54) is 6.08 Å². The number of carbonyl (C=O) groups excluding carboxylic acids is 1. The average molecular weight is 306 g/mol. The smallest absolute Gasteiger partial charge is 0.241 e. The summed E-state index contributed by atoms with van der Waals surface area (Å²) in [6.45, 7) is 2.02. The Kier molecular flexibility index (Phi) is 3.67. The number of halogens is 1. The van der Waals surface area contributed by atoms with Gasteiger partial charge in [0.1, 0.15) is 11.5 Å². The van der Waals surface area contributed by atoms with Crippen LogP contribution in [0.4, 0.5) is 0 Å². The summed E-state index contributed by atoms with van der Waals surface area (Å²) >= 11 is 3.45. The molecule has 4 heteroatoms. The molecular weight excluding hydrogens is 294 g/mol. The number of benzene rings is 1. The highest BCUT2D eigenvalue weighted by Gasteiger charge is 2.04. The molecule has 0 bridgehead atoms. The summed E-state index contributed by atoms with van der Waals surface area (Å²) in [5.74, 6) is 0.867. The van der Waals surface area contributed by atoms with Gasteiger partial charge in [0, 0.05) is 16.1 Å². The Morgan fingerprint density at radius 1 is 1.33 bits per heavy atom. The summed E-state index contributed by atoms with van der Waals surface area (Å²) < 4.78 is 6.67. The fourth-order valence-corrected chi connectivity index (χ4v) is 1.81. The largest absolute Gasteiger partial charge is 0.457 e. The SMILES string of the molecule is Cc1cc(-c2ccc(/C=C\C(N)=O)o2)ccc1Br. The number of hydrogen-bond donors (Lipinski definition) is 1. The maximum atomic E-state index is 10.6. The van der Waals surface area contributed by atoms with Gasteiger partial charge in [-0.3, -0.25) is 4.79 Å². The van der Waals surface area contributed by atoms with E-state index >= 15 is 0 Å². The van der Waals surface area contributed by atoms with E-state index in [4.69, 9.17) is 10.2 Å². The van der Waals surface area contributed by atoms with Crippen molar-refractivity contribution < 1.29 is 9.21 Å². The van der Waals surface area contributed by atoms with Crippen LogP contribution in [0.1, 0.15) is 11.3 Å². The van der Waals surface area contributed by atoms with Crippen molar-refractivity contribution in [2.24, 2.45) is 5.73 Å². The maximum Gasteiger partial charge on any atom is 0.241 e. The van der Waals surface area contributed by atoms with Crippen LogP contribution in [0.15, 0.2) is 45.3 Å². The van der Waals surface area contributed by atoms with Crippen LogP contribution >= 0.6 is 15.9 Å². The van der Waals surface area contributed by atoms with Crippen LogP contribution in [-0.4, -0.2) is 5.91 Å². The molecule has 1 aromatic carbocycles. The van der Waals surface area contributed by atoms with Crippen molar-refractivity contribution in [1.29, 1.82) is 0 Å². The summed E-state index contributed by atoms with van der Waals surface area (Å²) in [5, 5.41) is 0. The van der Waals surface area contributed by atoms with E-state index in [0.29, 0.717) is 5.76 Å². The third-order valence-corrected chi connectivity index (χ3v) is 3.37. The Hall–Kier alpha value is -1.81. The lowest BCUT2D eigenvalue weighted by Gasteiger charge is -2.01. The van der Waals surface area contributed by atoms with Gasteiger partial charge in [0.15, 0.2) is 0 Å². The molecule has 0 atom stereocenters. The lowest BCUT2D eigenvalue weighted by molar-refractivity contribution is -0.113. The van der Waals surface area contributed by atoms with Crippen molar-refractivity contribution >= 4 is 27.9 Å². The Morgan fingerprint density at radius 2 is 2.11 bits per heavy atom. The van der Waals surface area contributed by atoms with E-state index in [0.717, 1.165) is 21.4 Å². The zero-order chi connectivity index (χ0) is 13.1. The van der Waals surface area contributed by atoms with Crippen molar-refractivity contribution in [2.45, 2.75) is 6.92 Å². The molecule has 3 nitrogen and oxygen atoms in total. The zero-order valence-electron chi connectivity index (χ0n) is 9.81. The average Bonchev–Trinajstić information content (AvgIpc) is 2.79. The lowest BCUT2D eigenvalue weighted by Crippen LogP contribution is -2.04. The summed E-state index contributed by atoms with van der Waals surface area (Å²) in [6, 6.07) is 9.64. The molecule has 1 heterocycles. The predicted molar refractivity (Wildman–Crippen MR) is 74.8 cm³/mol. The van der Waals surface area contributed by atoms with Crippen molar-refractivity contribution in [1.82, 2.24) is 0 Å². The second-order valence-electron chi connectivity index (χ2n) is 3.90. The molecule has 2 rings (SSSR count). The van der Waals surface area contributed by atoms with Crippen LogP contribution < -0.4 is 5.73 Å². The monoisotopic (exact) mass is 305 g/mol. The highest BCUT2D eigenvalue weighted by Crippen LogP contribution is 2.26. The minimum absolute atomic E-state index is 0.493. The van der Waals surface area contributed by atoms with Gasteiger partial charge in [-0.05, 0) is 42.8 Å². The molecule has 1 aromatic heterocycles. The minimum atomic E-state index is -0.493. The third kappa shape index (κ3) is 2.90. The summed E-state index contributed by atoms with van der Waals surface area (Å²) in [7, 11) is 0. The van der Waals surface area contributed by atoms with Gasteiger partial charge in [-0.25, -0.2) is 0 Å². The third-order valence-electron chi connectivity index (χ3n) is 2.48. The summed E-state index contributed by atoms with van der Waals surface area (Å²) in [4.78, 5) is 10.6. The number of furan rings is 1. The second-order valence-corrected chi connectivity index (χ2v) is 4.76. The Labute approximate surface area is 113 Å². The second kappa shape index (κ2) is 5.23. The molecule has 0 aliphatic rings. The number of amides is 1. The molecule has 0 aliphatic carbocycles. The molecule has 0 fully saturated rings. The Bertz CT molecular complexity index is 614. The van der Waals surface area contributed by atoms with Crippen molar-refractivity contribution in [3.63, 3.8) is 0 Å². The molecule has 92 valence electrons. The van der Waals surface area contributed by atoms with Gasteiger partial charge in [0.2, 0.25) is 5.91 Å². The van der Waals surface area contributed by atoms with E-state index in [2.05, 4.69) is 15.9 Å². The molecular formula is C14H12BrNO2. The van der Waals surface area contributed by atoms with Crippen LogP contribution in [0.5, 0.6) is 0 Å². The highest BCUT2D eigenvalue weighted by atomic mass is 79.9. The van der Waals surface area contributed by atoms with Crippen molar-refractivity contribution in [2.75, 3.05) is 0 Å². The van der Waals surface area contributed by atoms with Crippen LogP contribution in [0.2, 0.25) is 0 Å². The number of aryl methyl sites for hydroxylation is 1. The van der Waals surface area contributed by atoms with Crippen LogP contribution in [0.25, 0.3) is 17.4 Å². The molecule has 2 N–H and O–H groups in total. The Morgan fingerprint density at radius 3 is 2.78 bits per heavy atom. The van der Waals surface area contributed by atoms with Crippen LogP contribution in [0.3, 0.4) is 0 Å².